The van der Waals surface area contributed by atoms with E-state index in [1.807, 2.05) is 25.1 Å². The average molecular weight is 387 g/mol. The lowest BCUT2D eigenvalue weighted by Gasteiger charge is -2.13. The van der Waals surface area contributed by atoms with Gasteiger partial charge in [0.2, 0.25) is 0 Å². The molecule has 0 spiro atoms. The first-order valence-electron chi connectivity index (χ1n) is 8.26. The van der Waals surface area contributed by atoms with Crippen molar-refractivity contribution in [2.45, 2.75) is 24.0 Å². The summed E-state index contributed by atoms with van der Waals surface area (Å²) in [6, 6.07) is 10.3. The molecule has 1 aliphatic rings. The van der Waals surface area contributed by atoms with Crippen molar-refractivity contribution in [2.24, 2.45) is 0 Å². The standard InChI is InChI=1S/C19H18N2OS3/c1-3-20-17(22)16-12-9-10-13-15(14(12)19(23-2)25-16)21-18(24-13)11-7-5-4-6-8-11/h4-8H,3,9-10H2,1-2H3,(H,20,22). The largest absolute Gasteiger partial charge is 0.352 e. The van der Waals surface area contributed by atoms with E-state index in [0.717, 1.165) is 34.0 Å². The van der Waals surface area contributed by atoms with Crippen molar-refractivity contribution in [1.29, 1.82) is 0 Å². The van der Waals surface area contributed by atoms with Gasteiger partial charge in [0.15, 0.2) is 0 Å². The molecule has 1 amide bonds. The second-order valence-corrected chi connectivity index (χ2v) is 8.97. The number of nitrogens with zero attached hydrogens (tertiary/aromatic N) is 1. The van der Waals surface area contributed by atoms with Gasteiger partial charge in [0.05, 0.1) is 14.8 Å². The van der Waals surface area contributed by atoms with E-state index in [1.54, 1.807) is 34.4 Å². The number of carbonyl (C=O) groups excluding carboxylic acids is 1. The van der Waals surface area contributed by atoms with E-state index in [2.05, 4.69) is 23.7 Å². The Bertz CT molecular complexity index is 928. The van der Waals surface area contributed by atoms with Crippen LogP contribution in [0.15, 0.2) is 34.5 Å². The average Bonchev–Trinajstić information content (AvgIpc) is 3.23. The minimum absolute atomic E-state index is 0.0472. The number of benzene rings is 1. The van der Waals surface area contributed by atoms with Crippen LogP contribution in [-0.2, 0) is 12.8 Å². The number of aromatic nitrogens is 1. The molecule has 0 atom stereocenters. The van der Waals surface area contributed by atoms with Crippen molar-refractivity contribution in [1.82, 2.24) is 10.3 Å². The summed E-state index contributed by atoms with van der Waals surface area (Å²) in [5.41, 5.74) is 4.62. The van der Waals surface area contributed by atoms with Crippen LogP contribution < -0.4 is 5.32 Å². The van der Waals surface area contributed by atoms with E-state index < -0.39 is 0 Å². The molecule has 2 heterocycles. The summed E-state index contributed by atoms with van der Waals surface area (Å²) < 4.78 is 1.20. The highest BCUT2D eigenvalue weighted by Crippen LogP contribution is 2.48. The Morgan fingerprint density at radius 2 is 2.04 bits per heavy atom. The van der Waals surface area contributed by atoms with Crippen LogP contribution in [0.1, 0.15) is 27.0 Å². The number of hydrogen-bond acceptors (Lipinski definition) is 5. The lowest BCUT2D eigenvalue weighted by molar-refractivity contribution is 0.0959. The number of thiophene rings is 1. The molecule has 3 aromatic rings. The highest BCUT2D eigenvalue weighted by atomic mass is 32.2. The van der Waals surface area contributed by atoms with Crippen molar-refractivity contribution in [3.8, 4) is 21.8 Å². The fourth-order valence-corrected chi connectivity index (χ4v) is 6.23. The molecule has 128 valence electrons. The van der Waals surface area contributed by atoms with Gasteiger partial charge in [-0.1, -0.05) is 30.3 Å². The third-order valence-electron chi connectivity index (χ3n) is 4.26. The smallest absolute Gasteiger partial charge is 0.261 e. The molecule has 0 unspecified atom stereocenters. The Hall–Kier alpha value is -1.63. The Morgan fingerprint density at radius 3 is 2.76 bits per heavy atom. The molecule has 0 aliphatic heterocycles. The summed E-state index contributed by atoms with van der Waals surface area (Å²) >= 11 is 5.10. The fraction of sp³-hybridized carbons (Fsp3) is 0.263. The Balaban J connectivity index is 1.84. The summed E-state index contributed by atoms with van der Waals surface area (Å²) in [6.07, 6.45) is 3.96. The first-order chi connectivity index (χ1) is 12.2. The third-order valence-corrected chi connectivity index (χ3v) is 7.78. The van der Waals surface area contributed by atoms with Crippen LogP contribution >= 0.6 is 34.4 Å². The van der Waals surface area contributed by atoms with Crippen molar-refractivity contribution < 1.29 is 4.79 Å². The molecular formula is C19H18N2OS3. The molecule has 6 heteroatoms. The van der Waals surface area contributed by atoms with Gasteiger partial charge >= 0.3 is 0 Å². The van der Waals surface area contributed by atoms with E-state index in [4.69, 9.17) is 4.98 Å². The van der Waals surface area contributed by atoms with Crippen molar-refractivity contribution >= 4 is 40.3 Å². The van der Waals surface area contributed by atoms with Crippen LogP contribution in [0.4, 0.5) is 0 Å². The number of aryl methyl sites for hydroxylation is 1. The SMILES string of the molecule is CCNC(=O)c1sc(SC)c2c1CCc1sc(-c3ccccc3)nc1-2. The lowest BCUT2D eigenvalue weighted by Crippen LogP contribution is -2.23. The summed E-state index contributed by atoms with van der Waals surface area (Å²) in [5.74, 6) is 0.0472. The van der Waals surface area contributed by atoms with Gasteiger partial charge in [-0.3, -0.25) is 4.79 Å². The van der Waals surface area contributed by atoms with E-state index in [0.29, 0.717) is 6.54 Å². The van der Waals surface area contributed by atoms with Gasteiger partial charge in [-0.25, -0.2) is 4.98 Å². The zero-order chi connectivity index (χ0) is 17.4. The maximum atomic E-state index is 12.5. The number of carbonyl (C=O) groups is 1. The zero-order valence-electron chi connectivity index (χ0n) is 14.1. The number of nitrogens with one attached hydrogen (secondary N) is 1. The van der Waals surface area contributed by atoms with Crippen molar-refractivity contribution in [3.63, 3.8) is 0 Å². The van der Waals surface area contributed by atoms with E-state index in [-0.39, 0.29) is 5.91 Å². The molecule has 0 saturated carbocycles. The summed E-state index contributed by atoms with van der Waals surface area (Å²) in [6.45, 7) is 2.61. The van der Waals surface area contributed by atoms with Gasteiger partial charge in [0.25, 0.3) is 5.91 Å². The molecule has 1 aromatic carbocycles. The zero-order valence-corrected chi connectivity index (χ0v) is 16.5. The highest BCUT2D eigenvalue weighted by Gasteiger charge is 2.30. The number of thiazole rings is 1. The highest BCUT2D eigenvalue weighted by molar-refractivity contribution is 8.00. The minimum Gasteiger partial charge on any atom is -0.352 e. The number of hydrogen-bond donors (Lipinski definition) is 1. The quantitative estimate of drug-likeness (QED) is 0.634. The molecule has 1 N–H and O–H groups in total. The van der Waals surface area contributed by atoms with Crippen LogP contribution in [0.5, 0.6) is 0 Å². The number of thioether (sulfide) groups is 1. The Kier molecular flexibility index (Phi) is 4.67. The summed E-state index contributed by atoms with van der Waals surface area (Å²) in [4.78, 5) is 19.6. The summed E-state index contributed by atoms with van der Waals surface area (Å²) in [5, 5.41) is 4.01. The molecule has 3 nitrogen and oxygen atoms in total. The number of fused-ring (bicyclic) bond motifs is 3. The Labute approximate surface area is 159 Å². The normalized spacial score (nSPS) is 12.6. The van der Waals surface area contributed by atoms with Gasteiger partial charge in [-0.15, -0.1) is 34.4 Å². The molecule has 2 aromatic heterocycles. The number of rotatable bonds is 4. The Morgan fingerprint density at radius 1 is 1.24 bits per heavy atom. The number of amides is 1. The van der Waals surface area contributed by atoms with Gasteiger partial charge in [0.1, 0.15) is 5.01 Å². The topological polar surface area (TPSA) is 42.0 Å². The molecule has 1 aliphatic carbocycles. The van der Waals surface area contributed by atoms with Gasteiger partial charge in [-0.2, -0.15) is 0 Å². The van der Waals surface area contributed by atoms with E-state index in [9.17, 15) is 4.79 Å². The summed E-state index contributed by atoms with van der Waals surface area (Å²) in [7, 11) is 0. The molecular weight excluding hydrogens is 368 g/mol. The maximum absolute atomic E-state index is 12.5. The second-order valence-electron chi connectivity index (χ2n) is 5.79. The predicted molar refractivity (Wildman–Crippen MR) is 108 cm³/mol. The second kappa shape index (κ2) is 6.94. The monoisotopic (exact) mass is 386 g/mol. The molecule has 0 radical (unpaired) electrons. The fourth-order valence-electron chi connectivity index (χ4n) is 3.15. The molecule has 0 fully saturated rings. The lowest BCUT2D eigenvalue weighted by atomic mass is 9.95. The first kappa shape index (κ1) is 16.8. The predicted octanol–water partition coefficient (Wildman–Crippen LogP) is 5.11. The van der Waals surface area contributed by atoms with Gasteiger partial charge < -0.3 is 5.32 Å². The molecule has 0 bridgehead atoms. The molecule has 25 heavy (non-hydrogen) atoms. The van der Waals surface area contributed by atoms with E-state index >= 15 is 0 Å². The van der Waals surface area contributed by atoms with Crippen LogP contribution in [0, 0.1) is 0 Å². The van der Waals surface area contributed by atoms with E-state index in [1.165, 1.54) is 20.2 Å². The molecule has 4 rings (SSSR count). The van der Waals surface area contributed by atoms with Crippen LogP contribution in [0.3, 0.4) is 0 Å². The molecule has 0 saturated heterocycles. The van der Waals surface area contributed by atoms with Gasteiger partial charge in [-0.05, 0) is 31.6 Å². The minimum atomic E-state index is 0.0472. The maximum Gasteiger partial charge on any atom is 0.261 e. The van der Waals surface area contributed by atoms with Crippen LogP contribution in [0.25, 0.3) is 21.8 Å². The van der Waals surface area contributed by atoms with Crippen LogP contribution in [0.2, 0.25) is 0 Å². The van der Waals surface area contributed by atoms with Crippen molar-refractivity contribution in [3.05, 3.63) is 45.6 Å². The van der Waals surface area contributed by atoms with Crippen LogP contribution in [-0.4, -0.2) is 23.7 Å². The third kappa shape index (κ3) is 2.92. The van der Waals surface area contributed by atoms with Crippen molar-refractivity contribution in [2.75, 3.05) is 12.8 Å². The van der Waals surface area contributed by atoms with Gasteiger partial charge in [0, 0.05) is 22.5 Å². The first-order valence-corrected chi connectivity index (χ1v) is 11.1.